The highest BCUT2D eigenvalue weighted by Gasteiger charge is 2.14. The molecule has 0 amide bonds. The first-order chi connectivity index (χ1) is 4.12. The number of hydrogen-bond acceptors (Lipinski definition) is 1. The predicted octanol–water partition coefficient (Wildman–Crippen LogP) is 2.05. The van der Waals surface area contributed by atoms with Crippen LogP contribution in [0.2, 0.25) is 0 Å². The van der Waals surface area contributed by atoms with E-state index in [2.05, 4.69) is 31.9 Å². The van der Waals surface area contributed by atoms with Crippen LogP contribution in [0.4, 0.5) is 0 Å². The van der Waals surface area contributed by atoms with E-state index in [1.54, 1.807) is 0 Å². The molecular weight excluding hydrogens is 271 g/mol. The van der Waals surface area contributed by atoms with Crippen LogP contribution in [-0.4, -0.2) is 27.9 Å². The van der Waals surface area contributed by atoms with Crippen LogP contribution < -0.4 is 0 Å². The maximum Gasteiger partial charge on any atom is 0.202 e. The molecule has 0 atom stereocenters. The molecule has 0 aromatic carbocycles. The van der Waals surface area contributed by atoms with E-state index in [-0.39, 0.29) is 0 Å². The fourth-order valence-electron chi connectivity index (χ4n) is 0.376. The van der Waals surface area contributed by atoms with Crippen molar-refractivity contribution in [1.82, 2.24) is 0 Å². The second-order valence-corrected chi connectivity index (χ2v) is 5.84. The molecule has 0 rings (SSSR count). The van der Waals surface area contributed by atoms with Crippen molar-refractivity contribution in [1.29, 1.82) is 0 Å². The maximum absolute atomic E-state index is 10.9. The van der Waals surface area contributed by atoms with Crippen LogP contribution in [0.3, 0.4) is 0 Å². The number of halogens is 2. The molecule has 0 fully saturated rings. The average Bonchev–Trinajstić information content (AvgIpc) is 1.64. The second-order valence-electron chi connectivity index (χ2n) is 1.67. The van der Waals surface area contributed by atoms with E-state index < -0.39 is 7.37 Å². The molecule has 0 aliphatic heterocycles. The smallest absolute Gasteiger partial charge is 0.202 e. The normalized spacial score (nSPS) is 11.9. The van der Waals surface area contributed by atoms with Gasteiger partial charge >= 0.3 is 0 Å². The third-order valence-electron chi connectivity index (χ3n) is 0.868. The van der Waals surface area contributed by atoms with Gasteiger partial charge in [0.15, 0.2) is 0 Å². The Hall–Kier alpha value is 1.15. The van der Waals surface area contributed by atoms with Crippen molar-refractivity contribution < 1.29 is 9.46 Å². The van der Waals surface area contributed by atoms with Gasteiger partial charge in [-0.05, 0) is 0 Å². The van der Waals surface area contributed by atoms with Crippen molar-refractivity contribution in [3.8, 4) is 0 Å². The van der Waals surface area contributed by atoms with Crippen molar-refractivity contribution in [2.45, 2.75) is 0 Å². The van der Waals surface area contributed by atoms with Crippen LogP contribution in [0.15, 0.2) is 0 Å². The van der Waals surface area contributed by atoms with Gasteiger partial charge in [-0.3, -0.25) is 4.57 Å². The zero-order valence-electron chi connectivity index (χ0n) is 4.89. The molecule has 0 aromatic heterocycles. The highest BCUT2D eigenvalue weighted by atomic mass is 79.9. The van der Waals surface area contributed by atoms with Crippen LogP contribution in [0, 0.1) is 0 Å². The van der Waals surface area contributed by atoms with Gasteiger partial charge in [0, 0.05) is 23.0 Å². The van der Waals surface area contributed by atoms with Crippen LogP contribution in [0.5, 0.6) is 0 Å². The van der Waals surface area contributed by atoms with E-state index in [0.29, 0.717) is 23.0 Å². The highest BCUT2D eigenvalue weighted by molar-refractivity contribution is 9.09. The lowest BCUT2D eigenvalue weighted by atomic mass is 11.0. The third-order valence-corrected chi connectivity index (χ3v) is 4.73. The monoisotopic (exact) mass is 278 g/mol. The summed E-state index contributed by atoms with van der Waals surface area (Å²) in [6.07, 6.45) is 0.747. The molecule has 0 saturated heterocycles. The molecule has 0 aromatic rings. The van der Waals surface area contributed by atoms with Gasteiger partial charge in [0.1, 0.15) is 0 Å². The van der Waals surface area contributed by atoms with E-state index in [0.717, 1.165) is 0 Å². The first kappa shape index (κ1) is 10.2. The van der Waals surface area contributed by atoms with Crippen LogP contribution >= 0.6 is 39.2 Å². The largest absolute Gasteiger partial charge is 0.344 e. The fourth-order valence-corrected chi connectivity index (χ4v) is 4.45. The lowest BCUT2D eigenvalue weighted by Crippen LogP contribution is -1.95. The molecule has 0 unspecified atom stereocenters. The summed E-state index contributed by atoms with van der Waals surface area (Å²) in [6.45, 7) is 0. The molecule has 0 heterocycles. The van der Waals surface area contributed by atoms with E-state index in [4.69, 9.17) is 4.89 Å². The summed E-state index contributed by atoms with van der Waals surface area (Å²) in [5, 5.41) is 1.21. The molecule has 5 heteroatoms. The first-order valence-corrected chi connectivity index (χ1v) is 6.82. The molecule has 2 nitrogen and oxygen atoms in total. The SMILES string of the molecule is O=P(O)(CCBr)CCBr. The van der Waals surface area contributed by atoms with Crippen LogP contribution in [0.1, 0.15) is 0 Å². The summed E-state index contributed by atoms with van der Waals surface area (Å²) in [4.78, 5) is 9.01. The summed E-state index contributed by atoms with van der Waals surface area (Å²) < 4.78 is 10.9. The van der Waals surface area contributed by atoms with Gasteiger partial charge in [-0.2, -0.15) is 0 Å². The topological polar surface area (TPSA) is 37.3 Å². The minimum Gasteiger partial charge on any atom is -0.344 e. The Kier molecular flexibility index (Phi) is 5.51. The number of alkyl halides is 2. The summed E-state index contributed by atoms with van der Waals surface area (Å²) >= 11 is 6.22. The van der Waals surface area contributed by atoms with Crippen molar-refractivity contribution in [3.05, 3.63) is 0 Å². The van der Waals surface area contributed by atoms with Gasteiger partial charge in [-0.25, -0.2) is 0 Å². The standard InChI is InChI=1S/C4H9Br2O2P/c5-1-3-9(7,8)4-2-6/h1-4H2,(H,7,8). The molecule has 0 bridgehead atoms. The van der Waals surface area contributed by atoms with Crippen LogP contribution in [-0.2, 0) is 4.57 Å². The predicted molar refractivity (Wildman–Crippen MR) is 47.1 cm³/mol. The summed E-state index contributed by atoms with van der Waals surface area (Å²) in [7, 11) is -2.79. The lowest BCUT2D eigenvalue weighted by Gasteiger charge is -2.05. The molecule has 56 valence electrons. The quantitative estimate of drug-likeness (QED) is 0.632. The van der Waals surface area contributed by atoms with Crippen LogP contribution in [0.25, 0.3) is 0 Å². The molecule has 0 aliphatic rings. The Bertz CT molecular complexity index is 107. The Morgan fingerprint density at radius 3 is 1.78 bits per heavy atom. The maximum atomic E-state index is 10.9. The summed E-state index contributed by atoms with van der Waals surface area (Å²) in [5.41, 5.74) is 0. The van der Waals surface area contributed by atoms with E-state index in [1.807, 2.05) is 0 Å². The molecule has 9 heavy (non-hydrogen) atoms. The van der Waals surface area contributed by atoms with Gasteiger partial charge < -0.3 is 4.89 Å². The Labute approximate surface area is 71.7 Å². The zero-order chi connectivity index (χ0) is 7.33. The molecule has 0 saturated carbocycles. The van der Waals surface area contributed by atoms with E-state index >= 15 is 0 Å². The van der Waals surface area contributed by atoms with Gasteiger partial charge in [-0.15, -0.1) is 0 Å². The van der Waals surface area contributed by atoms with Crippen molar-refractivity contribution >= 4 is 39.2 Å². The van der Waals surface area contributed by atoms with Crippen molar-refractivity contribution in [2.75, 3.05) is 23.0 Å². The zero-order valence-corrected chi connectivity index (χ0v) is 8.95. The van der Waals surface area contributed by atoms with Gasteiger partial charge in [0.05, 0.1) is 0 Å². The highest BCUT2D eigenvalue weighted by Crippen LogP contribution is 2.40. The minimum atomic E-state index is -2.79. The molecule has 0 spiro atoms. The Morgan fingerprint density at radius 1 is 1.22 bits per heavy atom. The Balaban J connectivity index is 3.58. The van der Waals surface area contributed by atoms with E-state index in [9.17, 15) is 4.57 Å². The summed E-state index contributed by atoms with van der Waals surface area (Å²) in [6, 6.07) is 0. The lowest BCUT2D eigenvalue weighted by molar-refractivity contribution is 0.482. The first-order valence-electron chi connectivity index (χ1n) is 2.55. The van der Waals surface area contributed by atoms with Gasteiger partial charge in [0.2, 0.25) is 7.37 Å². The molecule has 0 radical (unpaired) electrons. The average molecular weight is 280 g/mol. The molecular formula is C4H9Br2O2P. The van der Waals surface area contributed by atoms with Gasteiger partial charge in [-0.1, -0.05) is 31.9 Å². The molecule has 1 N–H and O–H groups in total. The number of hydrogen-bond donors (Lipinski definition) is 1. The van der Waals surface area contributed by atoms with Crippen molar-refractivity contribution in [2.24, 2.45) is 0 Å². The second kappa shape index (κ2) is 4.89. The van der Waals surface area contributed by atoms with E-state index in [1.165, 1.54) is 0 Å². The summed E-state index contributed by atoms with van der Waals surface area (Å²) in [5.74, 6) is 0. The minimum absolute atomic E-state index is 0.374. The number of rotatable bonds is 4. The van der Waals surface area contributed by atoms with Gasteiger partial charge in [0.25, 0.3) is 0 Å². The Morgan fingerprint density at radius 2 is 1.56 bits per heavy atom. The third kappa shape index (κ3) is 5.59. The van der Waals surface area contributed by atoms with Crippen molar-refractivity contribution in [3.63, 3.8) is 0 Å². The molecule has 0 aliphatic carbocycles. The fraction of sp³-hybridized carbons (Fsp3) is 1.00.